The number of hydrogen-bond acceptors (Lipinski definition) is 8. The lowest BCUT2D eigenvalue weighted by molar-refractivity contribution is -0.114. The van der Waals surface area contributed by atoms with Crippen LogP contribution in [0.3, 0.4) is 0 Å². The monoisotopic (exact) mass is 331 g/mol. The summed E-state index contributed by atoms with van der Waals surface area (Å²) < 4.78 is 31.0. The number of rotatable bonds is 6. The number of aromatic nitrogens is 3. The molecule has 2 N–H and O–H groups in total. The molecule has 0 fully saturated rings. The molecular weight excluding hydrogens is 318 g/mol. The number of nitrogens with zero attached hydrogens (tertiary/aromatic N) is 3. The zero-order valence-electron chi connectivity index (χ0n) is 11.3. The van der Waals surface area contributed by atoms with Crippen molar-refractivity contribution in [1.82, 2.24) is 20.1 Å². The molecule has 114 valence electrons. The third-order valence-electron chi connectivity index (χ3n) is 2.27. The standard InChI is InChI=1S/C10H13N5O4S2/c1-6-5-8(15-19-6)3-4-11-21(17,18)10-14-13-9(20-10)12-7(2)16/h5,11H,3-4H2,1-2H3,(H,12,13,16). The van der Waals surface area contributed by atoms with E-state index in [4.69, 9.17) is 4.52 Å². The molecule has 2 aromatic rings. The van der Waals surface area contributed by atoms with E-state index in [0.717, 1.165) is 11.3 Å². The number of carbonyl (C=O) groups is 1. The maximum Gasteiger partial charge on any atom is 0.269 e. The summed E-state index contributed by atoms with van der Waals surface area (Å²) >= 11 is 0.780. The summed E-state index contributed by atoms with van der Waals surface area (Å²) in [6, 6.07) is 1.73. The van der Waals surface area contributed by atoms with Gasteiger partial charge < -0.3 is 9.84 Å². The predicted octanol–water partition coefficient (Wildman–Crippen LogP) is 0.314. The lowest BCUT2D eigenvalue weighted by atomic mass is 10.3. The van der Waals surface area contributed by atoms with Crippen molar-refractivity contribution in [3.05, 3.63) is 17.5 Å². The quantitative estimate of drug-likeness (QED) is 0.729. The van der Waals surface area contributed by atoms with Gasteiger partial charge in [-0.3, -0.25) is 4.79 Å². The second-order valence-corrected chi connectivity index (χ2v) is 7.05. The van der Waals surface area contributed by atoms with Crippen LogP contribution in [0, 0.1) is 6.92 Å². The number of sulfonamides is 1. The van der Waals surface area contributed by atoms with Crippen LogP contribution in [0.1, 0.15) is 18.4 Å². The van der Waals surface area contributed by atoms with E-state index in [9.17, 15) is 13.2 Å². The summed E-state index contributed by atoms with van der Waals surface area (Å²) in [6.45, 7) is 3.21. The van der Waals surface area contributed by atoms with Gasteiger partial charge in [0.2, 0.25) is 15.4 Å². The SMILES string of the molecule is CC(=O)Nc1nnc(S(=O)(=O)NCCc2cc(C)on2)s1. The summed E-state index contributed by atoms with van der Waals surface area (Å²) in [4.78, 5) is 10.8. The molecule has 0 aliphatic heterocycles. The van der Waals surface area contributed by atoms with Crippen molar-refractivity contribution in [2.24, 2.45) is 0 Å². The fraction of sp³-hybridized carbons (Fsp3) is 0.400. The van der Waals surface area contributed by atoms with Gasteiger partial charge in [-0.1, -0.05) is 16.5 Å². The Labute approximate surface area is 124 Å². The van der Waals surface area contributed by atoms with Crippen LogP contribution < -0.4 is 10.0 Å². The van der Waals surface area contributed by atoms with E-state index in [1.54, 1.807) is 13.0 Å². The summed E-state index contributed by atoms with van der Waals surface area (Å²) in [7, 11) is -3.75. The van der Waals surface area contributed by atoms with Crippen LogP contribution >= 0.6 is 11.3 Å². The van der Waals surface area contributed by atoms with Crippen molar-refractivity contribution in [3.63, 3.8) is 0 Å². The zero-order chi connectivity index (χ0) is 15.5. The molecule has 11 heteroatoms. The van der Waals surface area contributed by atoms with Crippen LogP contribution in [0.15, 0.2) is 14.9 Å². The second kappa shape index (κ2) is 6.28. The molecule has 2 aromatic heterocycles. The molecule has 0 unspecified atom stereocenters. The Morgan fingerprint density at radius 2 is 2.19 bits per heavy atom. The number of aryl methyl sites for hydroxylation is 1. The molecule has 9 nitrogen and oxygen atoms in total. The Bertz CT molecular complexity index is 736. The van der Waals surface area contributed by atoms with Crippen LogP contribution in [-0.4, -0.2) is 36.2 Å². The fourth-order valence-electron chi connectivity index (χ4n) is 1.43. The number of nitrogens with one attached hydrogen (secondary N) is 2. The number of anilines is 1. The highest BCUT2D eigenvalue weighted by atomic mass is 32.2. The summed E-state index contributed by atoms with van der Waals surface area (Å²) in [5.74, 6) is 0.321. The third-order valence-corrected chi connectivity index (χ3v) is 4.94. The highest BCUT2D eigenvalue weighted by molar-refractivity contribution is 7.91. The van der Waals surface area contributed by atoms with E-state index in [0.29, 0.717) is 17.9 Å². The molecule has 21 heavy (non-hydrogen) atoms. The van der Waals surface area contributed by atoms with Gasteiger partial charge in [0.15, 0.2) is 0 Å². The van der Waals surface area contributed by atoms with Crippen molar-refractivity contribution >= 4 is 32.4 Å². The minimum Gasteiger partial charge on any atom is -0.361 e. The van der Waals surface area contributed by atoms with Crippen molar-refractivity contribution < 1.29 is 17.7 Å². The normalized spacial score (nSPS) is 11.5. The summed E-state index contributed by atoms with van der Waals surface area (Å²) in [5, 5.41) is 13.4. The highest BCUT2D eigenvalue weighted by Gasteiger charge is 2.20. The molecule has 0 aromatic carbocycles. The van der Waals surface area contributed by atoms with Crippen molar-refractivity contribution in [2.45, 2.75) is 24.6 Å². The minimum absolute atomic E-state index is 0.134. The first-order valence-electron chi connectivity index (χ1n) is 5.90. The van der Waals surface area contributed by atoms with E-state index in [1.807, 2.05) is 0 Å². The molecule has 0 radical (unpaired) electrons. The van der Waals surface area contributed by atoms with Gasteiger partial charge in [-0.15, -0.1) is 10.2 Å². The summed E-state index contributed by atoms with van der Waals surface area (Å²) in [6.07, 6.45) is 0.397. The molecule has 2 rings (SSSR count). The maximum absolute atomic E-state index is 12.0. The van der Waals surface area contributed by atoms with Crippen molar-refractivity contribution in [2.75, 3.05) is 11.9 Å². The first kappa shape index (κ1) is 15.5. The first-order chi connectivity index (χ1) is 9.87. The molecular formula is C10H13N5O4S2. The molecule has 0 atom stereocenters. The van der Waals surface area contributed by atoms with Crippen molar-refractivity contribution in [1.29, 1.82) is 0 Å². The average Bonchev–Trinajstić information content (AvgIpc) is 2.98. The zero-order valence-corrected chi connectivity index (χ0v) is 12.9. The predicted molar refractivity (Wildman–Crippen MR) is 74.3 cm³/mol. The van der Waals surface area contributed by atoms with Gasteiger partial charge in [0.25, 0.3) is 10.0 Å². The van der Waals surface area contributed by atoms with E-state index in [2.05, 4.69) is 25.4 Å². The van der Waals surface area contributed by atoms with E-state index in [1.165, 1.54) is 6.92 Å². The fourth-order valence-corrected chi connectivity index (χ4v) is 3.45. The highest BCUT2D eigenvalue weighted by Crippen LogP contribution is 2.19. The Balaban J connectivity index is 1.94. The largest absolute Gasteiger partial charge is 0.361 e. The van der Waals surface area contributed by atoms with Gasteiger partial charge in [-0.2, -0.15) is 0 Å². The van der Waals surface area contributed by atoms with Gasteiger partial charge in [0.05, 0.1) is 5.69 Å². The maximum atomic E-state index is 12.0. The average molecular weight is 331 g/mol. The molecule has 1 amide bonds. The summed E-state index contributed by atoms with van der Waals surface area (Å²) in [5.41, 5.74) is 0.659. The second-order valence-electron chi connectivity index (χ2n) is 4.13. The number of hydrogen-bond donors (Lipinski definition) is 2. The van der Waals surface area contributed by atoms with Crippen LogP contribution in [0.5, 0.6) is 0 Å². The first-order valence-corrected chi connectivity index (χ1v) is 8.20. The van der Waals surface area contributed by atoms with Crippen LogP contribution in [0.25, 0.3) is 0 Å². The van der Waals surface area contributed by atoms with Crippen LogP contribution in [0.4, 0.5) is 5.13 Å². The molecule has 0 saturated carbocycles. The van der Waals surface area contributed by atoms with E-state index in [-0.39, 0.29) is 21.9 Å². The topological polar surface area (TPSA) is 127 Å². The molecule has 0 aliphatic rings. The molecule has 0 aliphatic carbocycles. The molecule has 0 spiro atoms. The number of amides is 1. The molecule has 0 saturated heterocycles. The third kappa shape index (κ3) is 4.31. The number of carbonyl (C=O) groups excluding carboxylic acids is 1. The van der Waals surface area contributed by atoms with Gasteiger partial charge in [-0.05, 0) is 6.92 Å². The van der Waals surface area contributed by atoms with Crippen molar-refractivity contribution in [3.8, 4) is 0 Å². The lowest BCUT2D eigenvalue weighted by Gasteiger charge is -2.01. The molecule has 0 bridgehead atoms. The van der Waals surface area contributed by atoms with Crippen LogP contribution in [-0.2, 0) is 21.2 Å². The van der Waals surface area contributed by atoms with Gasteiger partial charge in [0, 0.05) is 26.0 Å². The Hall–Kier alpha value is -1.85. The Kier molecular flexibility index (Phi) is 4.65. The molecule has 2 heterocycles. The Morgan fingerprint density at radius 3 is 2.81 bits per heavy atom. The van der Waals surface area contributed by atoms with Gasteiger partial charge in [0.1, 0.15) is 5.76 Å². The van der Waals surface area contributed by atoms with Gasteiger partial charge in [-0.25, -0.2) is 13.1 Å². The lowest BCUT2D eigenvalue weighted by Crippen LogP contribution is -2.26. The Morgan fingerprint density at radius 1 is 1.43 bits per heavy atom. The van der Waals surface area contributed by atoms with Crippen LogP contribution in [0.2, 0.25) is 0 Å². The van der Waals surface area contributed by atoms with E-state index < -0.39 is 10.0 Å². The smallest absolute Gasteiger partial charge is 0.269 e. The minimum atomic E-state index is -3.75. The van der Waals surface area contributed by atoms with Gasteiger partial charge >= 0.3 is 0 Å². The van der Waals surface area contributed by atoms with E-state index >= 15 is 0 Å².